The lowest BCUT2D eigenvalue weighted by atomic mass is 9.99. The minimum Gasteiger partial charge on any atom is -0.380 e. The molecule has 2 aromatic carbocycles. The van der Waals surface area contributed by atoms with Gasteiger partial charge in [-0.1, -0.05) is 24.2 Å². The maximum Gasteiger partial charge on any atom is 0.322 e. The van der Waals surface area contributed by atoms with E-state index in [0.717, 1.165) is 30.6 Å². The summed E-state index contributed by atoms with van der Waals surface area (Å²) in [7, 11) is 3.67. The number of fused-ring (bicyclic) bond motifs is 1. The van der Waals surface area contributed by atoms with Gasteiger partial charge in [0, 0.05) is 49.6 Å². The van der Waals surface area contributed by atoms with E-state index >= 15 is 0 Å². The van der Waals surface area contributed by atoms with Crippen molar-refractivity contribution in [2.45, 2.75) is 25.0 Å². The molecule has 1 fully saturated rings. The number of carbonyl (C=O) groups excluding carboxylic acids is 2. The van der Waals surface area contributed by atoms with Crippen LogP contribution in [0.5, 0.6) is 0 Å². The fourth-order valence-corrected chi connectivity index (χ4v) is 4.52. The molecule has 33 heavy (non-hydrogen) atoms. The SMILES string of the molecule is C=C1CN(C)CCc2ccc(NC(=O)[C@H]3CC(OC)CN3C(=O)Nc3ccc(Cl)cc3)cc21. The summed E-state index contributed by atoms with van der Waals surface area (Å²) in [5, 5.41) is 6.42. The van der Waals surface area contributed by atoms with Crippen molar-refractivity contribution in [3.63, 3.8) is 0 Å². The van der Waals surface area contributed by atoms with Crippen LogP contribution in [-0.4, -0.2) is 67.7 Å². The molecule has 2 aliphatic rings. The second-order valence-corrected chi connectivity index (χ2v) is 9.09. The number of methoxy groups -OCH3 is 1. The van der Waals surface area contributed by atoms with E-state index in [0.29, 0.717) is 29.4 Å². The van der Waals surface area contributed by atoms with Crippen LogP contribution < -0.4 is 10.6 Å². The Morgan fingerprint density at radius 3 is 2.58 bits per heavy atom. The van der Waals surface area contributed by atoms with E-state index in [1.54, 1.807) is 31.4 Å². The van der Waals surface area contributed by atoms with Gasteiger partial charge in [-0.3, -0.25) is 4.79 Å². The van der Waals surface area contributed by atoms with Gasteiger partial charge >= 0.3 is 6.03 Å². The number of likely N-dealkylation sites (tertiary alicyclic amines) is 1. The molecule has 1 saturated heterocycles. The molecule has 174 valence electrons. The quantitative estimate of drug-likeness (QED) is 0.708. The minimum absolute atomic E-state index is 0.209. The molecule has 2 heterocycles. The fraction of sp³-hybridized carbons (Fsp3) is 0.360. The number of benzene rings is 2. The number of ether oxygens (including phenoxy) is 1. The summed E-state index contributed by atoms with van der Waals surface area (Å²) in [4.78, 5) is 29.9. The molecule has 0 bridgehead atoms. The van der Waals surface area contributed by atoms with Crippen molar-refractivity contribution >= 4 is 40.5 Å². The zero-order chi connectivity index (χ0) is 23.5. The van der Waals surface area contributed by atoms with Crippen LogP contribution in [0.2, 0.25) is 5.02 Å². The normalized spacial score (nSPS) is 20.8. The highest BCUT2D eigenvalue weighted by atomic mass is 35.5. The number of carbonyl (C=O) groups is 2. The highest BCUT2D eigenvalue weighted by molar-refractivity contribution is 6.30. The van der Waals surface area contributed by atoms with Crippen molar-refractivity contribution in [1.29, 1.82) is 0 Å². The second-order valence-electron chi connectivity index (χ2n) is 8.65. The Morgan fingerprint density at radius 1 is 1.12 bits per heavy atom. The maximum absolute atomic E-state index is 13.2. The highest BCUT2D eigenvalue weighted by Gasteiger charge is 2.40. The van der Waals surface area contributed by atoms with Crippen LogP contribution in [0.4, 0.5) is 16.2 Å². The summed E-state index contributed by atoms with van der Waals surface area (Å²) in [6.07, 6.45) is 1.16. The van der Waals surface area contributed by atoms with Gasteiger partial charge in [-0.25, -0.2) is 4.79 Å². The van der Waals surface area contributed by atoms with E-state index in [1.807, 2.05) is 18.2 Å². The molecule has 4 rings (SSSR count). The van der Waals surface area contributed by atoms with Crippen LogP contribution >= 0.6 is 11.6 Å². The van der Waals surface area contributed by atoms with Crippen LogP contribution in [0.25, 0.3) is 5.57 Å². The number of nitrogens with zero attached hydrogens (tertiary/aromatic N) is 2. The molecule has 8 heteroatoms. The van der Waals surface area contributed by atoms with Crippen molar-refractivity contribution in [3.8, 4) is 0 Å². The van der Waals surface area contributed by atoms with E-state index in [1.165, 1.54) is 10.5 Å². The predicted molar refractivity (Wildman–Crippen MR) is 132 cm³/mol. The molecule has 2 aliphatic heterocycles. The number of amides is 3. The first-order valence-corrected chi connectivity index (χ1v) is 11.4. The summed E-state index contributed by atoms with van der Waals surface area (Å²) in [6, 6.07) is 11.8. The number of halogens is 1. The third-order valence-corrected chi connectivity index (χ3v) is 6.49. The summed E-state index contributed by atoms with van der Waals surface area (Å²) in [6.45, 7) is 6.32. The first-order valence-electron chi connectivity index (χ1n) is 11.0. The van der Waals surface area contributed by atoms with Gasteiger partial charge in [0.15, 0.2) is 0 Å². The summed E-state index contributed by atoms with van der Waals surface area (Å²) in [5.74, 6) is -0.239. The lowest BCUT2D eigenvalue weighted by Crippen LogP contribution is -2.45. The van der Waals surface area contributed by atoms with Gasteiger partial charge in [0.1, 0.15) is 6.04 Å². The van der Waals surface area contributed by atoms with Crippen molar-refractivity contribution in [3.05, 3.63) is 65.2 Å². The van der Waals surface area contributed by atoms with Crippen molar-refractivity contribution in [2.75, 3.05) is 44.4 Å². The fourth-order valence-electron chi connectivity index (χ4n) is 4.40. The van der Waals surface area contributed by atoms with Gasteiger partial charge in [-0.15, -0.1) is 0 Å². The average Bonchev–Trinajstić information content (AvgIpc) is 3.19. The lowest BCUT2D eigenvalue weighted by Gasteiger charge is -2.24. The van der Waals surface area contributed by atoms with Gasteiger partial charge in [-0.05, 0) is 66.6 Å². The Bertz CT molecular complexity index is 1060. The third-order valence-electron chi connectivity index (χ3n) is 6.24. The number of hydrogen-bond donors (Lipinski definition) is 2. The van der Waals surface area contributed by atoms with Crippen LogP contribution in [0, 0.1) is 0 Å². The van der Waals surface area contributed by atoms with Crippen LogP contribution in [0.3, 0.4) is 0 Å². The molecule has 2 aromatic rings. The molecule has 0 spiro atoms. The lowest BCUT2D eigenvalue weighted by molar-refractivity contribution is -0.119. The van der Waals surface area contributed by atoms with Gasteiger partial charge in [0.25, 0.3) is 0 Å². The van der Waals surface area contributed by atoms with E-state index in [2.05, 4.69) is 29.2 Å². The number of rotatable bonds is 4. The Kier molecular flexibility index (Phi) is 7.02. The Morgan fingerprint density at radius 2 is 1.85 bits per heavy atom. The number of nitrogens with one attached hydrogen (secondary N) is 2. The molecule has 3 amide bonds. The Labute approximate surface area is 199 Å². The maximum atomic E-state index is 13.2. The molecule has 2 atom stereocenters. The van der Waals surface area contributed by atoms with E-state index in [4.69, 9.17) is 16.3 Å². The standard InChI is InChI=1S/C25H29ClN4O3/c1-16-14-29(2)11-10-17-4-7-20(12-22(16)17)27-24(31)23-13-21(33-3)15-30(23)25(32)28-19-8-5-18(26)6-9-19/h4-9,12,21,23H,1,10-11,13-15H2,2-3H3,(H,27,31)(H,28,32)/t21?,23-/m1/s1. The van der Waals surface area contributed by atoms with E-state index in [9.17, 15) is 9.59 Å². The first kappa shape index (κ1) is 23.3. The Hall–Kier alpha value is -2.87. The first-order chi connectivity index (χ1) is 15.8. The summed E-state index contributed by atoms with van der Waals surface area (Å²) < 4.78 is 5.47. The van der Waals surface area contributed by atoms with Crippen molar-refractivity contribution in [2.24, 2.45) is 0 Å². The number of likely N-dealkylation sites (N-methyl/N-ethyl adjacent to an activating group) is 1. The zero-order valence-corrected chi connectivity index (χ0v) is 19.7. The molecular weight excluding hydrogens is 440 g/mol. The number of urea groups is 1. The van der Waals surface area contributed by atoms with E-state index < -0.39 is 6.04 Å². The monoisotopic (exact) mass is 468 g/mol. The summed E-state index contributed by atoms with van der Waals surface area (Å²) >= 11 is 5.92. The zero-order valence-electron chi connectivity index (χ0n) is 18.9. The van der Waals surface area contributed by atoms with Gasteiger partial charge in [0.05, 0.1) is 6.10 Å². The Balaban J connectivity index is 1.49. The number of anilines is 2. The van der Waals surface area contributed by atoms with Gasteiger partial charge in [0.2, 0.25) is 5.91 Å². The average molecular weight is 469 g/mol. The molecule has 0 aromatic heterocycles. The highest BCUT2D eigenvalue weighted by Crippen LogP contribution is 2.28. The molecule has 0 saturated carbocycles. The molecule has 0 aliphatic carbocycles. The van der Waals surface area contributed by atoms with Gasteiger partial charge in [-0.2, -0.15) is 0 Å². The molecule has 1 unspecified atom stereocenters. The van der Waals surface area contributed by atoms with Crippen LogP contribution in [0.1, 0.15) is 17.5 Å². The minimum atomic E-state index is -0.643. The largest absolute Gasteiger partial charge is 0.380 e. The third kappa shape index (κ3) is 5.38. The summed E-state index contributed by atoms with van der Waals surface area (Å²) in [5.41, 5.74) is 4.65. The molecular formula is C25H29ClN4O3. The van der Waals surface area contributed by atoms with Crippen molar-refractivity contribution < 1.29 is 14.3 Å². The second kappa shape index (κ2) is 9.95. The van der Waals surface area contributed by atoms with E-state index in [-0.39, 0.29) is 18.0 Å². The molecule has 7 nitrogen and oxygen atoms in total. The molecule has 0 radical (unpaired) electrons. The smallest absolute Gasteiger partial charge is 0.322 e. The van der Waals surface area contributed by atoms with Crippen LogP contribution in [-0.2, 0) is 16.0 Å². The predicted octanol–water partition coefficient (Wildman–Crippen LogP) is 4.10. The molecule has 2 N–H and O–H groups in total. The number of hydrogen-bond acceptors (Lipinski definition) is 4. The van der Waals surface area contributed by atoms with Gasteiger partial charge < -0.3 is 25.2 Å². The van der Waals surface area contributed by atoms with Crippen molar-refractivity contribution in [1.82, 2.24) is 9.80 Å². The van der Waals surface area contributed by atoms with Crippen LogP contribution in [0.15, 0.2) is 49.0 Å². The topological polar surface area (TPSA) is 73.9 Å².